The van der Waals surface area contributed by atoms with Crippen LogP contribution in [0.1, 0.15) is 62.8 Å². The first kappa shape index (κ1) is 19.9. The van der Waals surface area contributed by atoms with E-state index in [4.69, 9.17) is 4.74 Å². The van der Waals surface area contributed by atoms with Gasteiger partial charge in [-0.05, 0) is 85.8 Å². The number of amides is 2. The molecule has 5 aliphatic rings. The van der Waals surface area contributed by atoms with Crippen LogP contribution < -0.4 is 10.1 Å². The normalized spacial score (nSPS) is 34.2. The van der Waals surface area contributed by atoms with E-state index in [-0.39, 0.29) is 23.8 Å². The molecule has 1 heterocycles. The van der Waals surface area contributed by atoms with E-state index in [0.29, 0.717) is 12.3 Å². The van der Waals surface area contributed by atoms with Crippen molar-refractivity contribution in [2.24, 2.45) is 23.2 Å². The summed E-state index contributed by atoms with van der Waals surface area (Å²) >= 11 is 0. The van der Waals surface area contributed by atoms with Crippen molar-refractivity contribution in [1.82, 2.24) is 10.2 Å². The van der Waals surface area contributed by atoms with Crippen molar-refractivity contribution < 1.29 is 14.3 Å². The van der Waals surface area contributed by atoms with Crippen LogP contribution in [0.15, 0.2) is 24.3 Å². The summed E-state index contributed by atoms with van der Waals surface area (Å²) < 4.78 is 5.23. The molecule has 1 atom stereocenters. The van der Waals surface area contributed by atoms with Gasteiger partial charge in [0.1, 0.15) is 5.75 Å². The Balaban J connectivity index is 1.10. The topological polar surface area (TPSA) is 58.6 Å². The highest BCUT2D eigenvalue weighted by molar-refractivity contribution is 5.85. The maximum atomic E-state index is 12.7. The molecule has 5 heteroatoms. The molecule has 0 radical (unpaired) electrons. The molecule has 30 heavy (non-hydrogen) atoms. The first-order valence-corrected chi connectivity index (χ1v) is 11.7. The third-order valence-electron chi connectivity index (χ3n) is 8.27. The highest BCUT2D eigenvalue weighted by Crippen LogP contribution is 2.61. The number of methoxy groups -OCH3 is 1. The van der Waals surface area contributed by atoms with Crippen molar-refractivity contribution in [1.29, 1.82) is 0 Å². The number of hydrogen-bond acceptors (Lipinski definition) is 3. The molecule has 6 rings (SSSR count). The fraction of sp³-hybridized carbons (Fsp3) is 0.680. The molecule has 2 amide bonds. The van der Waals surface area contributed by atoms with Gasteiger partial charge in [0.25, 0.3) is 0 Å². The number of benzene rings is 1. The van der Waals surface area contributed by atoms with Crippen molar-refractivity contribution in [2.75, 3.05) is 26.7 Å². The van der Waals surface area contributed by atoms with E-state index in [1.54, 1.807) is 7.11 Å². The highest BCUT2D eigenvalue weighted by atomic mass is 16.5. The second-order valence-electron chi connectivity index (χ2n) is 10.5. The first-order chi connectivity index (χ1) is 14.5. The fourth-order valence-corrected chi connectivity index (χ4v) is 7.33. The molecule has 4 saturated carbocycles. The molecule has 0 spiro atoms. The largest absolute Gasteiger partial charge is 0.497 e. The monoisotopic (exact) mass is 410 g/mol. The number of rotatable bonds is 6. The third-order valence-corrected chi connectivity index (χ3v) is 8.27. The lowest BCUT2D eigenvalue weighted by atomic mass is 9.49. The van der Waals surface area contributed by atoms with Gasteiger partial charge in [-0.3, -0.25) is 9.59 Å². The van der Waals surface area contributed by atoms with Crippen LogP contribution in [0.25, 0.3) is 0 Å². The number of nitrogens with zero attached hydrogens (tertiary/aromatic N) is 1. The minimum absolute atomic E-state index is 0.0462. The number of carbonyl (C=O) groups is 2. The molecular formula is C25H34N2O3. The molecular weight excluding hydrogens is 376 g/mol. The van der Waals surface area contributed by atoms with Crippen molar-refractivity contribution in [2.45, 2.75) is 57.3 Å². The third kappa shape index (κ3) is 3.95. The maximum Gasteiger partial charge on any atom is 0.241 e. The molecule has 5 nitrogen and oxygen atoms in total. The summed E-state index contributed by atoms with van der Waals surface area (Å²) in [5.74, 6) is 3.90. The zero-order valence-electron chi connectivity index (χ0n) is 18.1. The Hall–Kier alpha value is -2.04. The van der Waals surface area contributed by atoms with Crippen LogP contribution in [0.3, 0.4) is 0 Å². The summed E-state index contributed by atoms with van der Waals surface area (Å²) in [7, 11) is 1.67. The van der Waals surface area contributed by atoms with Gasteiger partial charge < -0.3 is 15.0 Å². The van der Waals surface area contributed by atoms with Crippen LogP contribution in [-0.4, -0.2) is 43.5 Å². The smallest absolute Gasteiger partial charge is 0.241 e. The minimum Gasteiger partial charge on any atom is -0.497 e. The average Bonchev–Trinajstić information content (AvgIpc) is 3.21. The van der Waals surface area contributed by atoms with Gasteiger partial charge in [0, 0.05) is 25.4 Å². The average molecular weight is 411 g/mol. The lowest BCUT2D eigenvalue weighted by molar-refractivity contribution is -0.135. The minimum atomic E-state index is 0.0462. The van der Waals surface area contributed by atoms with Gasteiger partial charge in [0.05, 0.1) is 13.7 Å². The zero-order valence-corrected chi connectivity index (χ0v) is 18.1. The molecule has 1 unspecified atom stereocenters. The number of nitrogens with one attached hydrogen (secondary N) is 1. The van der Waals surface area contributed by atoms with Crippen LogP contribution in [0.2, 0.25) is 0 Å². The maximum absolute atomic E-state index is 12.7. The molecule has 0 aromatic heterocycles. The Labute approximate surface area is 179 Å². The molecule has 4 bridgehead atoms. The molecule has 4 aliphatic carbocycles. The van der Waals surface area contributed by atoms with Crippen LogP contribution in [0.4, 0.5) is 0 Å². The lowest BCUT2D eigenvalue weighted by Crippen LogP contribution is -2.48. The van der Waals surface area contributed by atoms with Crippen molar-refractivity contribution in [3.63, 3.8) is 0 Å². The molecule has 1 aromatic rings. The number of hydrogen-bond donors (Lipinski definition) is 1. The van der Waals surface area contributed by atoms with Gasteiger partial charge in [-0.2, -0.15) is 0 Å². The predicted molar refractivity (Wildman–Crippen MR) is 115 cm³/mol. The molecule has 5 fully saturated rings. The van der Waals surface area contributed by atoms with Gasteiger partial charge in [0.2, 0.25) is 11.8 Å². The van der Waals surface area contributed by atoms with E-state index >= 15 is 0 Å². The predicted octanol–water partition coefficient (Wildman–Crippen LogP) is 3.73. The summed E-state index contributed by atoms with van der Waals surface area (Å²) in [6.07, 6.45) is 9.47. The van der Waals surface area contributed by atoms with Gasteiger partial charge in [-0.1, -0.05) is 12.1 Å². The molecule has 1 aliphatic heterocycles. The number of ether oxygens (including phenoxy) is 1. The quantitative estimate of drug-likeness (QED) is 0.777. The van der Waals surface area contributed by atoms with Gasteiger partial charge >= 0.3 is 0 Å². The summed E-state index contributed by atoms with van der Waals surface area (Å²) in [6.45, 7) is 1.64. The van der Waals surface area contributed by atoms with E-state index < -0.39 is 0 Å². The molecule has 1 saturated heterocycles. The Morgan fingerprint density at radius 1 is 1.07 bits per heavy atom. The Morgan fingerprint density at radius 2 is 1.70 bits per heavy atom. The van der Waals surface area contributed by atoms with E-state index in [2.05, 4.69) is 17.4 Å². The molecule has 1 N–H and O–H groups in total. The van der Waals surface area contributed by atoms with E-state index in [9.17, 15) is 9.59 Å². The molecule has 162 valence electrons. The SMILES string of the molecule is COc1ccc(C2CCN(C(=O)CNC(=O)CC34CC5CC(CC(C5)C3)C4)C2)cc1. The highest BCUT2D eigenvalue weighted by Gasteiger charge is 2.51. The van der Waals surface area contributed by atoms with Crippen molar-refractivity contribution in [3.8, 4) is 5.75 Å². The fourth-order valence-electron chi connectivity index (χ4n) is 7.33. The van der Waals surface area contributed by atoms with Crippen LogP contribution >= 0.6 is 0 Å². The van der Waals surface area contributed by atoms with Crippen molar-refractivity contribution in [3.05, 3.63) is 29.8 Å². The Kier molecular flexibility index (Phi) is 5.24. The van der Waals surface area contributed by atoms with Crippen LogP contribution in [-0.2, 0) is 9.59 Å². The van der Waals surface area contributed by atoms with Gasteiger partial charge in [-0.25, -0.2) is 0 Å². The molecule has 1 aromatic carbocycles. The lowest BCUT2D eigenvalue weighted by Gasteiger charge is -2.56. The van der Waals surface area contributed by atoms with Gasteiger partial charge in [-0.15, -0.1) is 0 Å². The summed E-state index contributed by atoms with van der Waals surface area (Å²) in [4.78, 5) is 27.3. The van der Waals surface area contributed by atoms with Crippen LogP contribution in [0, 0.1) is 23.2 Å². The Bertz CT molecular complexity index is 768. The summed E-state index contributed by atoms with van der Waals surface area (Å²) in [6, 6.07) is 8.13. The number of likely N-dealkylation sites (tertiary alicyclic amines) is 1. The Morgan fingerprint density at radius 3 is 2.30 bits per heavy atom. The zero-order chi connectivity index (χ0) is 20.7. The van der Waals surface area contributed by atoms with E-state index in [1.807, 2.05) is 17.0 Å². The van der Waals surface area contributed by atoms with E-state index in [0.717, 1.165) is 43.0 Å². The van der Waals surface area contributed by atoms with Gasteiger partial charge in [0.15, 0.2) is 0 Å². The van der Waals surface area contributed by atoms with Crippen LogP contribution in [0.5, 0.6) is 5.75 Å². The first-order valence-electron chi connectivity index (χ1n) is 11.7. The summed E-state index contributed by atoms with van der Waals surface area (Å²) in [5, 5.41) is 2.96. The summed E-state index contributed by atoms with van der Waals surface area (Å²) in [5.41, 5.74) is 1.48. The second kappa shape index (κ2) is 7.90. The number of carbonyl (C=O) groups excluding carboxylic acids is 2. The second-order valence-corrected chi connectivity index (χ2v) is 10.5. The standard InChI is InChI=1S/C25H34N2O3/c1-30-22-4-2-20(3-5-22)21-6-7-27(16-21)24(29)15-26-23(28)14-25-11-17-8-18(12-25)10-19(9-17)13-25/h2-5,17-19,21H,6-16H2,1H3,(H,26,28). The van der Waals surface area contributed by atoms with Crippen molar-refractivity contribution >= 4 is 11.8 Å². The van der Waals surface area contributed by atoms with E-state index in [1.165, 1.54) is 44.1 Å².